The quantitative estimate of drug-likeness (QED) is 0.256. The second kappa shape index (κ2) is 5.99. The Hall–Kier alpha value is -1.73. The molecule has 0 radical (unpaired) electrons. The summed E-state index contributed by atoms with van der Waals surface area (Å²) in [6.45, 7) is 0.627. The summed E-state index contributed by atoms with van der Waals surface area (Å²) in [5, 5.41) is 15.4. The molecule has 0 spiro atoms. The molecule has 0 aliphatic rings. The Morgan fingerprint density at radius 1 is 1.69 bits per heavy atom. The van der Waals surface area contributed by atoms with Crippen LogP contribution in [-0.4, -0.2) is 22.4 Å². The van der Waals surface area contributed by atoms with E-state index in [1.807, 2.05) is 0 Å². The highest BCUT2D eigenvalue weighted by Crippen LogP contribution is 2.04. The minimum Gasteiger partial charge on any atom is -0.381 e. The van der Waals surface area contributed by atoms with Crippen molar-refractivity contribution >= 4 is 17.4 Å². The molecule has 0 bridgehead atoms. The van der Waals surface area contributed by atoms with E-state index in [-0.39, 0.29) is 12.4 Å². The fraction of sp³-hybridized carbons (Fsp3) is 0.250. The van der Waals surface area contributed by atoms with Gasteiger partial charge in [-0.2, -0.15) is 0 Å². The molecule has 0 atom stereocenters. The topological polar surface area (TPSA) is 106 Å². The molecule has 86 valence electrons. The molecular formula is C8H10ClN5O2. The van der Waals surface area contributed by atoms with Crippen LogP contribution in [0.4, 0.5) is 0 Å². The first-order valence-electron chi connectivity index (χ1n) is 4.36. The van der Waals surface area contributed by atoms with Crippen LogP contribution in [0, 0.1) is 10.1 Å². The second-order valence-corrected chi connectivity index (χ2v) is 3.31. The lowest BCUT2D eigenvalue weighted by Crippen LogP contribution is -2.29. The van der Waals surface area contributed by atoms with Crippen molar-refractivity contribution in [3.8, 4) is 0 Å². The minimum atomic E-state index is -0.832. The number of pyridine rings is 1. The second-order valence-electron chi connectivity index (χ2n) is 2.92. The molecule has 1 heterocycles. The molecule has 16 heavy (non-hydrogen) atoms. The fourth-order valence-electron chi connectivity index (χ4n) is 0.986. The molecular weight excluding hydrogens is 234 g/mol. The third-order valence-electron chi connectivity index (χ3n) is 1.63. The van der Waals surface area contributed by atoms with Gasteiger partial charge in [-0.05, 0) is 11.6 Å². The van der Waals surface area contributed by atoms with Crippen molar-refractivity contribution in [2.45, 2.75) is 6.54 Å². The number of amidine groups is 1. The van der Waals surface area contributed by atoms with E-state index in [1.54, 1.807) is 18.3 Å². The lowest BCUT2D eigenvalue weighted by atomic mass is 10.3. The van der Waals surface area contributed by atoms with Crippen LogP contribution in [-0.2, 0) is 6.54 Å². The fourth-order valence-corrected chi connectivity index (χ4v) is 1.10. The van der Waals surface area contributed by atoms with Gasteiger partial charge in [-0.3, -0.25) is 0 Å². The number of nitrogens with two attached hydrogens (primary N) is 1. The number of aromatic nitrogens is 1. The summed E-state index contributed by atoms with van der Waals surface area (Å²) < 4.78 is 0. The molecule has 0 aromatic carbocycles. The molecule has 0 aliphatic heterocycles. The molecule has 0 unspecified atom stereocenters. The molecule has 0 fully saturated rings. The van der Waals surface area contributed by atoms with Crippen molar-refractivity contribution in [1.29, 1.82) is 0 Å². The third kappa shape index (κ3) is 4.67. The van der Waals surface area contributed by atoms with Gasteiger partial charge >= 0.3 is 0 Å². The maximum atomic E-state index is 9.97. The van der Waals surface area contributed by atoms with E-state index in [2.05, 4.69) is 15.4 Å². The maximum Gasteiger partial charge on any atom is 0.192 e. The largest absolute Gasteiger partial charge is 0.381 e. The third-order valence-corrected chi connectivity index (χ3v) is 1.86. The van der Waals surface area contributed by atoms with Crippen molar-refractivity contribution in [3.05, 3.63) is 39.2 Å². The monoisotopic (exact) mass is 243 g/mol. The van der Waals surface area contributed by atoms with E-state index < -0.39 is 5.03 Å². The number of rotatable bonds is 5. The first-order chi connectivity index (χ1) is 7.58. The van der Waals surface area contributed by atoms with E-state index in [0.29, 0.717) is 11.7 Å². The first-order valence-corrected chi connectivity index (χ1v) is 4.74. The van der Waals surface area contributed by atoms with Crippen molar-refractivity contribution in [2.24, 2.45) is 10.8 Å². The van der Waals surface area contributed by atoms with E-state index in [1.165, 1.54) is 0 Å². The Balaban J connectivity index is 2.36. The Labute approximate surface area is 96.5 Å². The molecule has 0 amide bonds. The number of nitro groups is 1. The van der Waals surface area contributed by atoms with E-state index in [9.17, 15) is 10.1 Å². The number of halogens is 1. The summed E-state index contributed by atoms with van der Waals surface area (Å²) in [6, 6.07) is 3.45. The SMILES string of the molecule is N/C(CNCc1ccc(Cl)nc1)=N\[N+](=O)[O-]. The summed E-state index contributed by atoms with van der Waals surface area (Å²) in [6.07, 6.45) is 1.61. The van der Waals surface area contributed by atoms with Crippen LogP contribution in [0.1, 0.15) is 5.56 Å². The highest BCUT2D eigenvalue weighted by molar-refractivity contribution is 6.29. The predicted molar refractivity (Wildman–Crippen MR) is 59.6 cm³/mol. The summed E-state index contributed by atoms with van der Waals surface area (Å²) in [7, 11) is 0. The van der Waals surface area contributed by atoms with Crippen LogP contribution in [0.15, 0.2) is 23.4 Å². The number of hydrazone groups is 1. The summed E-state index contributed by atoms with van der Waals surface area (Å²) in [5.74, 6) is -0.0769. The number of hydrogen-bond acceptors (Lipinski definition) is 4. The van der Waals surface area contributed by atoms with Crippen LogP contribution in [0.3, 0.4) is 0 Å². The van der Waals surface area contributed by atoms with E-state index in [0.717, 1.165) is 5.56 Å². The average molecular weight is 244 g/mol. The maximum absolute atomic E-state index is 9.97. The van der Waals surface area contributed by atoms with Gasteiger partial charge in [0.15, 0.2) is 10.9 Å². The van der Waals surface area contributed by atoms with Crippen molar-refractivity contribution in [2.75, 3.05) is 6.54 Å². The van der Waals surface area contributed by atoms with Crippen molar-refractivity contribution < 1.29 is 5.03 Å². The zero-order valence-electron chi connectivity index (χ0n) is 8.26. The molecule has 7 nitrogen and oxygen atoms in total. The van der Waals surface area contributed by atoms with Crippen molar-refractivity contribution in [1.82, 2.24) is 10.3 Å². The molecule has 0 saturated carbocycles. The Morgan fingerprint density at radius 2 is 2.44 bits per heavy atom. The smallest absolute Gasteiger partial charge is 0.192 e. The van der Waals surface area contributed by atoms with Crippen LogP contribution >= 0.6 is 11.6 Å². The molecule has 3 N–H and O–H groups in total. The van der Waals surface area contributed by atoms with E-state index >= 15 is 0 Å². The Morgan fingerprint density at radius 3 is 3.00 bits per heavy atom. The van der Waals surface area contributed by atoms with Gasteiger partial charge in [0.05, 0.1) is 11.6 Å². The predicted octanol–water partition coefficient (Wildman–Crippen LogP) is 0.373. The van der Waals surface area contributed by atoms with Gasteiger partial charge in [0.25, 0.3) is 0 Å². The number of nitrogens with one attached hydrogen (secondary N) is 1. The van der Waals surface area contributed by atoms with Crippen LogP contribution in [0.2, 0.25) is 5.15 Å². The minimum absolute atomic E-state index is 0.0769. The van der Waals surface area contributed by atoms with Gasteiger partial charge in [0.1, 0.15) is 5.15 Å². The van der Waals surface area contributed by atoms with Gasteiger partial charge in [-0.15, -0.1) is 0 Å². The van der Waals surface area contributed by atoms with Crippen molar-refractivity contribution in [3.63, 3.8) is 0 Å². The van der Waals surface area contributed by atoms with Gasteiger partial charge in [0.2, 0.25) is 0 Å². The summed E-state index contributed by atoms with van der Waals surface area (Å²) in [5.41, 5.74) is 6.17. The molecule has 1 aromatic rings. The molecule has 1 aromatic heterocycles. The van der Waals surface area contributed by atoms with Crippen LogP contribution in [0.25, 0.3) is 0 Å². The van der Waals surface area contributed by atoms with Crippen LogP contribution in [0.5, 0.6) is 0 Å². The Bertz CT molecular complexity index is 392. The normalized spacial score (nSPS) is 11.4. The van der Waals surface area contributed by atoms with Crippen LogP contribution < -0.4 is 11.1 Å². The summed E-state index contributed by atoms with van der Waals surface area (Å²) >= 11 is 5.61. The lowest BCUT2D eigenvalue weighted by molar-refractivity contribution is -0.485. The standard InChI is InChI=1S/C8H10ClN5O2/c9-7-2-1-6(4-12-7)3-11-5-8(10)13-14(15)16/h1-2,4,11H,3,5H2,(H2,10,13). The molecule has 0 aliphatic carbocycles. The highest BCUT2D eigenvalue weighted by atomic mass is 35.5. The van der Waals surface area contributed by atoms with E-state index in [4.69, 9.17) is 17.3 Å². The zero-order chi connectivity index (χ0) is 12.0. The number of hydrogen-bond donors (Lipinski definition) is 2. The Kier molecular flexibility index (Phi) is 4.62. The number of nitrogens with zero attached hydrogens (tertiary/aromatic N) is 3. The lowest BCUT2D eigenvalue weighted by Gasteiger charge is -2.02. The average Bonchev–Trinajstić information content (AvgIpc) is 2.20. The summed E-state index contributed by atoms with van der Waals surface area (Å²) in [4.78, 5) is 13.8. The molecule has 1 rings (SSSR count). The first kappa shape index (κ1) is 12.3. The molecule has 0 saturated heterocycles. The zero-order valence-corrected chi connectivity index (χ0v) is 9.02. The highest BCUT2D eigenvalue weighted by Gasteiger charge is 1.99. The van der Waals surface area contributed by atoms with Gasteiger partial charge < -0.3 is 11.1 Å². The van der Waals surface area contributed by atoms with Gasteiger partial charge in [-0.25, -0.2) is 15.1 Å². The van der Waals surface area contributed by atoms with Gasteiger partial charge in [-0.1, -0.05) is 17.7 Å². The molecule has 8 heteroatoms. The van der Waals surface area contributed by atoms with Gasteiger partial charge in [0, 0.05) is 12.7 Å².